The van der Waals surface area contributed by atoms with Crippen molar-refractivity contribution in [3.8, 4) is 0 Å². The first-order chi connectivity index (χ1) is 21.0. The van der Waals surface area contributed by atoms with Crippen LogP contribution in [0, 0.1) is 17.8 Å². The molecule has 1 N–H and O–H groups in total. The fraction of sp³-hybridized carbons (Fsp3) is 0.343. The number of carboxylic acid groups (broad SMARTS) is 1. The molecule has 0 amide bonds. The average Bonchev–Trinajstić information content (AvgIpc) is 3.72. The highest BCUT2D eigenvalue weighted by atomic mass is 16.5. The number of aliphatic carboxylic acids is 1. The molecule has 5 aliphatic heterocycles. The highest BCUT2D eigenvalue weighted by Gasteiger charge is 2.51. The second kappa shape index (κ2) is 10.7. The van der Waals surface area contributed by atoms with E-state index in [0.29, 0.717) is 39.5 Å². The standard InChI is InChI=1S/C35H34N4O5/c1-8-19-15(3)22-12-24-17(5)21(10-11-28(40)41)32(38-24)30-31(35(43)44-7)34(42)29-18(6)25(39-33(29)30)14-27-20(9-2)16(4)23(37-27)13-26(19)36-22/h8,12-14,17,21,31H,1,9-11H2,2-7H3,(H,40,41)/t17-,21-,31+/m1/s1. The van der Waals surface area contributed by atoms with E-state index in [1.165, 1.54) is 7.11 Å². The maximum atomic E-state index is 14.0. The highest BCUT2D eigenvalue weighted by molar-refractivity contribution is 6.42. The van der Waals surface area contributed by atoms with Crippen molar-refractivity contribution < 1.29 is 24.2 Å². The van der Waals surface area contributed by atoms with Crippen molar-refractivity contribution in [2.45, 2.75) is 53.9 Å². The van der Waals surface area contributed by atoms with Crippen LogP contribution in [-0.2, 0) is 19.1 Å². The van der Waals surface area contributed by atoms with Crippen molar-refractivity contribution in [3.05, 3.63) is 92.7 Å². The Morgan fingerprint density at radius 2 is 1.64 bits per heavy atom. The van der Waals surface area contributed by atoms with E-state index in [-0.39, 0.29) is 30.5 Å². The van der Waals surface area contributed by atoms with Gasteiger partial charge in [0, 0.05) is 40.7 Å². The molecule has 0 aromatic rings. The van der Waals surface area contributed by atoms with Gasteiger partial charge < -0.3 is 9.84 Å². The minimum atomic E-state index is -1.23. The third-order valence-electron chi connectivity index (χ3n) is 9.41. The van der Waals surface area contributed by atoms with Gasteiger partial charge in [0.2, 0.25) is 0 Å². The van der Waals surface area contributed by atoms with Crippen molar-refractivity contribution in [2.24, 2.45) is 37.7 Å². The number of nitrogens with zero attached hydrogens (tertiary/aromatic N) is 4. The number of fused-ring (bicyclic) bond motifs is 4. The van der Waals surface area contributed by atoms with Gasteiger partial charge in [0.1, 0.15) is 5.92 Å². The summed E-state index contributed by atoms with van der Waals surface area (Å²) >= 11 is 0. The molecule has 0 saturated heterocycles. The molecular formula is C35H34N4O5. The number of rotatable bonds is 6. The van der Waals surface area contributed by atoms with Gasteiger partial charge in [0.05, 0.1) is 47.0 Å². The topological polar surface area (TPSA) is 130 Å². The maximum absolute atomic E-state index is 14.0. The quantitative estimate of drug-likeness (QED) is 0.311. The van der Waals surface area contributed by atoms with E-state index < -0.39 is 17.9 Å². The van der Waals surface area contributed by atoms with Crippen molar-refractivity contribution in [3.63, 3.8) is 0 Å². The number of aliphatic imine (C=N–C) groups is 4. The molecule has 0 radical (unpaired) electrons. The van der Waals surface area contributed by atoms with Gasteiger partial charge in [0.15, 0.2) is 5.78 Å². The highest BCUT2D eigenvalue weighted by Crippen LogP contribution is 2.47. The Morgan fingerprint density at radius 3 is 2.30 bits per heavy atom. The van der Waals surface area contributed by atoms with E-state index in [1.807, 2.05) is 45.9 Å². The number of carbonyl (C=O) groups excluding carboxylic acids is 2. The van der Waals surface area contributed by atoms with Crippen LogP contribution in [0.1, 0.15) is 53.9 Å². The molecule has 44 heavy (non-hydrogen) atoms. The van der Waals surface area contributed by atoms with E-state index in [0.717, 1.165) is 51.5 Å². The van der Waals surface area contributed by atoms with Gasteiger partial charge in [-0.15, -0.1) is 0 Å². The minimum absolute atomic E-state index is 0.0952. The Hall–Kier alpha value is -4.79. The molecule has 0 aromatic heterocycles. The summed E-state index contributed by atoms with van der Waals surface area (Å²) in [6.45, 7) is 14.0. The number of hydrogen-bond acceptors (Lipinski definition) is 8. The van der Waals surface area contributed by atoms with Gasteiger partial charge >= 0.3 is 11.9 Å². The third kappa shape index (κ3) is 4.32. The number of carboxylic acids is 1. The monoisotopic (exact) mass is 590 g/mol. The van der Waals surface area contributed by atoms with Crippen molar-refractivity contribution in [1.29, 1.82) is 0 Å². The minimum Gasteiger partial charge on any atom is -0.481 e. The average molecular weight is 591 g/mol. The Bertz CT molecular complexity index is 1850. The zero-order valence-electron chi connectivity index (χ0n) is 25.7. The molecule has 1 aliphatic carbocycles. The Labute approximate surface area is 256 Å². The van der Waals surface area contributed by atoms with E-state index in [9.17, 15) is 19.5 Å². The largest absolute Gasteiger partial charge is 0.481 e. The van der Waals surface area contributed by atoms with Gasteiger partial charge in [-0.1, -0.05) is 26.5 Å². The first-order valence-corrected chi connectivity index (χ1v) is 14.8. The fourth-order valence-corrected chi connectivity index (χ4v) is 6.93. The van der Waals surface area contributed by atoms with Crippen LogP contribution >= 0.6 is 0 Å². The fourth-order valence-electron chi connectivity index (χ4n) is 6.93. The van der Waals surface area contributed by atoms with Crippen LogP contribution in [0.25, 0.3) is 0 Å². The summed E-state index contributed by atoms with van der Waals surface area (Å²) in [5.41, 5.74) is 10.6. The summed E-state index contributed by atoms with van der Waals surface area (Å²) in [5, 5.41) is 9.59. The van der Waals surface area contributed by atoms with Crippen molar-refractivity contribution >= 4 is 40.6 Å². The zero-order valence-corrected chi connectivity index (χ0v) is 25.7. The summed E-state index contributed by atoms with van der Waals surface area (Å²) in [4.78, 5) is 58.8. The van der Waals surface area contributed by atoms with Crippen molar-refractivity contribution in [1.82, 2.24) is 0 Å². The number of hydrogen-bond donors (Lipinski definition) is 1. The Morgan fingerprint density at radius 1 is 0.977 bits per heavy atom. The number of esters is 1. The number of ketones is 1. The number of ether oxygens (including phenoxy) is 1. The molecule has 224 valence electrons. The van der Waals surface area contributed by atoms with E-state index >= 15 is 0 Å². The summed E-state index contributed by atoms with van der Waals surface area (Å²) in [5.74, 6) is -3.82. The maximum Gasteiger partial charge on any atom is 0.321 e. The number of allylic oxidation sites excluding steroid dienone is 11. The lowest BCUT2D eigenvalue weighted by Gasteiger charge is -2.19. The molecule has 6 aliphatic rings. The van der Waals surface area contributed by atoms with Gasteiger partial charge in [-0.3, -0.25) is 19.4 Å². The van der Waals surface area contributed by atoms with Gasteiger partial charge in [-0.2, -0.15) is 0 Å². The van der Waals surface area contributed by atoms with Crippen LogP contribution in [0.3, 0.4) is 0 Å². The molecule has 1 fully saturated rings. The summed E-state index contributed by atoms with van der Waals surface area (Å²) in [6.07, 6.45) is 8.51. The van der Waals surface area contributed by atoms with Gasteiger partial charge in [-0.05, 0) is 74.1 Å². The van der Waals surface area contributed by atoms with Crippen LogP contribution < -0.4 is 0 Å². The first-order valence-electron chi connectivity index (χ1n) is 14.8. The first kappa shape index (κ1) is 29.3. The Kier molecular flexibility index (Phi) is 7.14. The Balaban J connectivity index is 1.69. The van der Waals surface area contributed by atoms with Crippen LogP contribution in [0.15, 0.2) is 113 Å². The van der Waals surface area contributed by atoms with E-state index in [1.54, 1.807) is 6.08 Å². The lowest BCUT2D eigenvalue weighted by Crippen LogP contribution is -2.25. The van der Waals surface area contributed by atoms with E-state index in [2.05, 4.69) is 13.5 Å². The number of carbonyl (C=O) groups is 3. The predicted octanol–water partition coefficient (Wildman–Crippen LogP) is 5.76. The van der Waals surface area contributed by atoms with Crippen LogP contribution in [0.4, 0.5) is 0 Å². The molecule has 8 bridgehead atoms. The van der Waals surface area contributed by atoms with Crippen LogP contribution in [0.2, 0.25) is 0 Å². The zero-order chi connectivity index (χ0) is 31.6. The van der Waals surface area contributed by atoms with Gasteiger partial charge in [-0.25, -0.2) is 15.0 Å². The molecule has 6 rings (SSSR count). The summed E-state index contributed by atoms with van der Waals surface area (Å²) in [7, 11) is 1.25. The SMILES string of the molecule is C=CC1=C(C)C2=CC3=NC(=C4C5=NC(=CC6=NC(=CC1=N2)C(C)=C6CC)C(C)=C5C(=O)[C@H]4C(=O)OC)[C@H](CCC(=O)O)[C@H]3C. The lowest BCUT2D eigenvalue weighted by molar-refractivity contribution is -0.146. The summed E-state index contributed by atoms with van der Waals surface area (Å²) in [6, 6.07) is 0. The molecule has 0 aromatic carbocycles. The molecule has 9 heteroatoms. The second-order valence-electron chi connectivity index (χ2n) is 11.7. The van der Waals surface area contributed by atoms with E-state index in [4.69, 9.17) is 24.7 Å². The molecule has 1 saturated carbocycles. The molecular weight excluding hydrogens is 556 g/mol. The normalized spacial score (nSPS) is 25.6. The molecule has 0 spiro atoms. The summed E-state index contributed by atoms with van der Waals surface area (Å²) < 4.78 is 5.11. The molecule has 5 heterocycles. The van der Waals surface area contributed by atoms with Gasteiger partial charge in [0.25, 0.3) is 0 Å². The third-order valence-corrected chi connectivity index (χ3v) is 9.41. The number of Topliss-reactive ketones (excluding diaryl/α,β-unsaturated/α-hetero) is 1. The smallest absolute Gasteiger partial charge is 0.321 e. The van der Waals surface area contributed by atoms with Crippen molar-refractivity contribution in [2.75, 3.05) is 7.11 Å². The molecule has 3 atom stereocenters. The molecule has 0 unspecified atom stereocenters. The second-order valence-corrected chi connectivity index (χ2v) is 11.7. The van der Waals surface area contributed by atoms with Crippen LogP contribution in [0.5, 0.6) is 0 Å². The predicted molar refractivity (Wildman–Crippen MR) is 170 cm³/mol. The number of methoxy groups -OCH3 is 1. The lowest BCUT2D eigenvalue weighted by atomic mass is 9.83. The molecule has 9 nitrogen and oxygen atoms in total. The van der Waals surface area contributed by atoms with Crippen LogP contribution in [-0.4, -0.2) is 52.8 Å².